The van der Waals surface area contributed by atoms with Gasteiger partial charge in [0.25, 0.3) is 5.91 Å². The molecule has 1 aromatic carbocycles. The Morgan fingerprint density at radius 2 is 2.16 bits per heavy atom. The minimum Gasteiger partial charge on any atom is -0.346 e. The molecular formula is C19H20N4OS. The maximum absolute atomic E-state index is 12.8. The van der Waals surface area contributed by atoms with Gasteiger partial charge >= 0.3 is 0 Å². The summed E-state index contributed by atoms with van der Waals surface area (Å²) in [5.74, 6) is 0.554. The first kappa shape index (κ1) is 15.1. The molecule has 3 saturated heterocycles. The number of aromatic amines is 1. The molecule has 25 heavy (non-hydrogen) atoms. The van der Waals surface area contributed by atoms with E-state index in [0.29, 0.717) is 11.6 Å². The first-order valence-corrected chi connectivity index (χ1v) is 9.71. The Balaban J connectivity index is 1.40. The highest BCUT2D eigenvalue weighted by Crippen LogP contribution is 2.30. The standard InChI is InChI=1S/C19H20N4OS/c24-19(20-16-11-23-7-5-12(16)6-8-23)18-14-4-3-13(10-15(14)21-22-18)17-2-1-9-25-17/h1-4,9-10,12,16H,5-8,11H2,(H,20,24)(H,21,22)/t16-/m0/s1. The average Bonchev–Trinajstić information content (AvgIpc) is 3.32. The van der Waals surface area contributed by atoms with Gasteiger partial charge in [-0.3, -0.25) is 9.89 Å². The lowest BCUT2D eigenvalue weighted by atomic mass is 9.84. The number of aromatic nitrogens is 2. The van der Waals surface area contributed by atoms with E-state index in [-0.39, 0.29) is 11.9 Å². The zero-order chi connectivity index (χ0) is 16.8. The minimum atomic E-state index is -0.0612. The van der Waals surface area contributed by atoms with Gasteiger partial charge in [-0.05, 0) is 61.0 Å². The number of amides is 1. The Hall–Kier alpha value is -2.18. The van der Waals surface area contributed by atoms with Gasteiger partial charge in [-0.25, -0.2) is 0 Å². The van der Waals surface area contributed by atoms with Gasteiger partial charge in [0, 0.05) is 22.8 Å². The van der Waals surface area contributed by atoms with Crippen LogP contribution in [0.15, 0.2) is 35.7 Å². The number of hydrogen-bond acceptors (Lipinski definition) is 4. The van der Waals surface area contributed by atoms with Crippen molar-refractivity contribution in [1.29, 1.82) is 0 Å². The number of hydrogen-bond donors (Lipinski definition) is 2. The fourth-order valence-corrected chi connectivity index (χ4v) is 4.88. The molecule has 128 valence electrons. The Morgan fingerprint density at radius 1 is 1.28 bits per heavy atom. The molecule has 0 aliphatic carbocycles. The third-order valence-electron chi connectivity index (χ3n) is 5.56. The van der Waals surface area contributed by atoms with Gasteiger partial charge in [0.05, 0.1) is 5.52 Å². The van der Waals surface area contributed by atoms with Crippen LogP contribution < -0.4 is 5.32 Å². The van der Waals surface area contributed by atoms with Crippen molar-refractivity contribution >= 4 is 28.1 Å². The van der Waals surface area contributed by atoms with Crippen molar-refractivity contribution < 1.29 is 4.79 Å². The third kappa shape index (κ3) is 2.65. The van der Waals surface area contributed by atoms with Crippen LogP contribution in [0.2, 0.25) is 0 Å². The molecule has 3 aliphatic heterocycles. The van der Waals surface area contributed by atoms with Crippen molar-refractivity contribution in [3.8, 4) is 10.4 Å². The number of nitrogens with zero attached hydrogens (tertiary/aromatic N) is 2. The van der Waals surface area contributed by atoms with E-state index in [0.717, 1.165) is 23.0 Å². The summed E-state index contributed by atoms with van der Waals surface area (Å²) >= 11 is 1.71. The van der Waals surface area contributed by atoms with Crippen molar-refractivity contribution in [3.63, 3.8) is 0 Å². The van der Waals surface area contributed by atoms with Crippen LogP contribution in [0.1, 0.15) is 23.3 Å². The smallest absolute Gasteiger partial charge is 0.272 e. The Bertz CT molecular complexity index is 909. The van der Waals surface area contributed by atoms with Gasteiger partial charge in [-0.2, -0.15) is 5.10 Å². The number of carbonyl (C=O) groups is 1. The van der Waals surface area contributed by atoms with E-state index in [2.05, 4.69) is 44.0 Å². The maximum atomic E-state index is 12.8. The van der Waals surface area contributed by atoms with Gasteiger partial charge in [-0.15, -0.1) is 11.3 Å². The topological polar surface area (TPSA) is 61.0 Å². The second-order valence-electron chi connectivity index (χ2n) is 7.03. The summed E-state index contributed by atoms with van der Waals surface area (Å²) in [4.78, 5) is 16.4. The van der Waals surface area contributed by atoms with E-state index in [4.69, 9.17) is 0 Å². The van der Waals surface area contributed by atoms with E-state index in [1.165, 1.54) is 30.8 Å². The molecule has 5 nitrogen and oxygen atoms in total. The lowest BCUT2D eigenvalue weighted by molar-refractivity contribution is 0.0618. The largest absolute Gasteiger partial charge is 0.346 e. The van der Waals surface area contributed by atoms with Crippen LogP contribution in [0.5, 0.6) is 0 Å². The molecule has 2 N–H and O–H groups in total. The molecule has 2 aromatic heterocycles. The van der Waals surface area contributed by atoms with Gasteiger partial charge in [-0.1, -0.05) is 12.1 Å². The maximum Gasteiger partial charge on any atom is 0.272 e. The highest BCUT2D eigenvalue weighted by Gasteiger charge is 2.35. The summed E-state index contributed by atoms with van der Waals surface area (Å²) in [5, 5.41) is 13.5. The van der Waals surface area contributed by atoms with Crippen molar-refractivity contribution in [3.05, 3.63) is 41.4 Å². The van der Waals surface area contributed by atoms with E-state index < -0.39 is 0 Å². The monoisotopic (exact) mass is 352 g/mol. The zero-order valence-corrected chi connectivity index (χ0v) is 14.7. The number of nitrogens with one attached hydrogen (secondary N) is 2. The Kier molecular flexibility index (Phi) is 3.60. The van der Waals surface area contributed by atoms with Crippen molar-refractivity contribution in [1.82, 2.24) is 20.4 Å². The third-order valence-corrected chi connectivity index (χ3v) is 6.48. The predicted molar refractivity (Wildman–Crippen MR) is 99.8 cm³/mol. The number of rotatable bonds is 3. The first-order chi connectivity index (χ1) is 12.3. The molecule has 6 heteroatoms. The molecule has 3 aromatic rings. The van der Waals surface area contributed by atoms with E-state index in [9.17, 15) is 4.79 Å². The van der Waals surface area contributed by atoms with E-state index in [1.54, 1.807) is 11.3 Å². The van der Waals surface area contributed by atoms with Gasteiger partial charge in [0.1, 0.15) is 0 Å². The number of thiophene rings is 1. The van der Waals surface area contributed by atoms with Crippen LogP contribution in [0.3, 0.4) is 0 Å². The molecular weight excluding hydrogens is 332 g/mol. The Labute approximate surface area is 150 Å². The Morgan fingerprint density at radius 3 is 2.88 bits per heavy atom. The van der Waals surface area contributed by atoms with Crippen LogP contribution in [-0.4, -0.2) is 46.7 Å². The van der Waals surface area contributed by atoms with E-state index in [1.807, 2.05) is 12.1 Å². The molecule has 0 unspecified atom stereocenters. The minimum absolute atomic E-state index is 0.0612. The molecule has 1 atom stereocenters. The highest BCUT2D eigenvalue weighted by atomic mass is 32.1. The number of carbonyl (C=O) groups excluding carboxylic acids is 1. The van der Waals surface area contributed by atoms with Crippen LogP contribution in [0.25, 0.3) is 21.3 Å². The second kappa shape index (κ2) is 5.97. The van der Waals surface area contributed by atoms with Crippen molar-refractivity contribution in [2.75, 3.05) is 19.6 Å². The molecule has 3 aliphatic rings. The highest BCUT2D eigenvalue weighted by molar-refractivity contribution is 7.13. The fraction of sp³-hybridized carbons (Fsp3) is 0.368. The van der Waals surface area contributed by atoms with Gasteiger partial charge < -0.3 is 10.2 Å². The van der Waals surface area contributed by atoms with E-state index >= 15 is 0 Å². The molecule has 2 bridgehead atoms. The normalized spacial score (nSPS) is 25.4. The summed E-state index contributed by atoms with van der Waals surface area (Å²) in [7, 11) is 0. The second-order valence-corrected chi connectivity index (χ2v) is 7.98. The van der Waals surface area contributed by atoms with Crippen LogP contribution >= 0.6 is 11.3 Å². The molecule has 5 heterocycles. The average molecular weight is 352 g/mol. The number of benzene rings is 1. The molecule has 6 rings (SSSR count). The summed E-state index contributed by atoms with van der Waals surface area (Å²) in [6.45, 7) is 3.32. The SMILES string of the molecule is O=C(N[C@H]1CN2CCC1CC2)c1n[nH]c2cc(-c3cccs3)ccc12. The lowest BCUT2D eigenvalue weighted by Crippen LogP contribution is -2.57. The summed E-state index contributed by atoms with van der Waals surface area (Å²) in [5.41, 5.74) is 2.56. The molecule has 1 amide bonds. The summed E-state index contributed by atoms with van der Waals surface area (Å²) in [6.07, 6.45) is 2.38. The predicted octanol–water partition coefficient (Wildman–Crippen LogP) is 3.12. The van der Waals surface area contributed by atoms with Crippen molar-refractivity contribution in [2.24, 2.45) is 5.92 Å². The summed E-state index contributed by atoms with van der Waals surface area (Å²) < 4.78 is 0. The van der Waals surface area contributed by atoms with Crippen molar-refractivity contribution in [2.45, 2.75) is 18.9 Å². The molecule has 3 fully saturated rings. The molecule has 0 radical (unpaired) electrons. The van der Waals surface area contributed by atoms with Gasteiger partial charge in [0.2, 0.25) is 0 Å². The van der Waals surface area contributed by atoms with Crippen LogP contribution in [0.4, 0.5) is 0 Å². The molecule has 0 spiro atoms. The van der Waals surface area contributed by atoms with Crippen LogP contribution in [-0.2, 0) is 0 Å². The fourth-order valence-electron chi connectivity index (χ4n) is 4.15. The lowest BCUT2D eigenvalue weighted by Gasteiger charge is -2.44. The number of fused-ring (bicyclic) bond motifs is 4. The van der Waals surface area contributed by atoms with Crippen LogP contribution in [0, 0.1) is 5.92 Å². The quantitative estimate of drug-likeness (QED) is 0.761. The number of H-pyrrole nitrogens is 1. The molecule has 0 saturated carbocycles. The number of piperidine rings is 3. The zero-order valence-electron chi connectivity index (χ0n) is 13.9. The van der Waals surface area contributed by atoms with Gasteiger partial charge in [0.15, 0.2) is 5.69 Å². The summed E-state index contributed by atoms with van der Waals surface area (Å²) in [6, 6.07) is 10.5. The first-order valence-electron chi connectivity index (χ1n) is 8.83.